The summed E-state index contributed by atoms with van der Waals surface area (Å²) in [5, 5.41) is 4.70. The van der Waals surface area contributed by atoms with Crippen LogP contribution < -0.4 is 10.2 Å². The molecule has 0 amide bonds. The van der Waals surface area contributed by atoms with Crippen LogP contribution in [0.1, 0.15) is 46.4 Å². The van der Waals surface area contributed by atoms with Crippen LogP contribution in [0.2, 0.25) is 0 Å². The van der Waals surface area contributed by atoms with Crippen LogP contribution >= 0.6 is 11.5 Å². The lowest BCUT2D eigenvalue weighted by atomic mass is 10.1. The van der Waals surface area contributed by atoms with Crippen molar-refractivity contribution in [2.45, 2.75) is 58.5 Å². The Morgan fingerprint density at radius 3 is 2.83 bits per heavy atom. The van der Waals surface area contributed by atoms with Crippen LogP contribution in [0.15, 0.2) is 0 Å². The third-order valence-electron chi connectivity index (χ3n) is 3.26. The molecule has 5 heteroatoms. The summed E-state index contributed by atoms with van der Waals surface area (Å²) in [5.74, 6) is 0.976. The lowest BCUT2D eigenvalue weighted by Crippen LogP contribution is -2.45. The summed E-state index contributed by atoms with van der Waals surface area (Å²) in [6, 6.07) is 0.571. The van der Waals surface area contributed by atoms with Crippen molar-refractivity contribution in [2.75, 3.05) is 18.0 Å². The van der Waals surface area contributed by atoms with Gasteiger partial charge in [-0.15, -0.1) is 0 Å². The van der Waals surface area contributed by atoms with Gasteiger partial charge in [0.2, 0.25) is 5.13 Å². The fourth-order valence-electron chi connectivity index (χ4n) is 2.23. The van der Waals surface area contributed by atoms with Crippen molar-refractivity contribution < 1.29 is 0 Å². The van der Waals surface area contributed by atoms with Crippen LogP contribution in [-0.4, -0.2) is 34.0 Å². The fraction of sp³-hybridized carbons (Fsp3) is 0.846. The standard InChI is InChI=1S/C13H24N4S/c1-5-11-15-12(18-16-11)17-8-6-7-10(17)9-14-13(2,3)4/h10,14H,5-9H2,1-4H3. The van der Waals surface area contributed by atoms with Crippen molar-refractivity contribution in [3.63, 3.8) is 0 Å². The highest BCUT2D eigenvalue weighted by Gasteiger charge is 2.28. The van der Waals surface area contributed by atoms with Crippen molar-refractivity contribution in [1.82, 2.24) is 14.7 Å². The quantitative estimate of drug-likeness (QED) is 0.911. The maximum absolute atomic E-state index is 4.61. The predicted octanol–water partition coefficient (Wildman–Crippen LogP) is 2.46. The van der Waals surface area contributed by atoms with E-state index in [1.54, 1.807) is 11.5 Å². The van der Waals surface area contributed by atoms with Gasteiger partial charge < -0.3 is 10.2 Å². The van der Waals surface area contributed by atoms with Crippen molar-refractivity contribution in [3.8, 4) is 0 Å². The Kier molecular flexibility index (Phi) is 4.22. The average Bonchev–Trinajstić information content (AvgIpc) is 2.93. The molecule has 0 spiro atoms. The van der Waals surface area contributed by atoms with Crippen LogP contribution in [-0.2, 0) is 6.42 Å². The summed E-state index contributed by atoms with van der Waals surface area (Å²) in [5.41, 5.74) is 0.184. The van der Waals surface area contributed by atoms with Crippen LogP contribution in [0.3, 0.4) is 0 Å². The van der Waals surface area contributed by atoms with Gasteiger partial charge in [0.05, 0.1) is 0 Å². The lowest BCUT2D eigenvalue weighted by Gasteiger charge is -2.28. The van der Waals surface area contributed by atoms with Gasteiger partial charge in [0.1, 0.15) is 5.82 Å². The molecule has 1 saturated heterocycles. The van der Waals surface area contributed by atoms with Crippen LogP contribution in [0.25, 0.3) is 0 Å². The average molecular weight is 268 g/mol. The first kappa shape index (κ1) is 13.7. The number of aryl methyl sites for hydroxylation is 1. The van der Waals surface area contributed by atoms with Crippen LogP contribution in [0, 0.1) is 0 Å². The highest BCUT2D eigenvalue weighted by Crippen LogP contribution is 2.27. The minimum absolute atomic E-state index is 0.184. The highest BCUT2D eigenvalue weighted by atomic mass is 32.1. The van der Waals surface area contributed by atoms with E-state index in [0.717, 1.165) is 30.5 Å². The Hall–Kier alpha value is -0.680. The molecule has 1 aromatic rings. The summed E-state index contributed by atoms with van der Waals surface area (Å²) in [6.07, 6.45) is 3.44. The molecule has 1 aliphatic heterocycles. The molecule has 1 unspecified atom stereocenters. The van der Waals surface area contributed by atoms with E-state index in [-0.39, 0.29) is 5.54 Å². The molecule has 0 aliphatic carbocycles. The second kappa shape index (κ2) is 5.53. The molecular weight excluding hydrogens is 244 g/mol. The highest BCUT2D eigenvalue weighted by molar-refractivity contribution is 7.09. The molecule has 2 heterocycles. The summed E-state index contributed by atoms with van der Waals surface area (Å²) in [4.78, 5) is 7.04. The van der Waals surface area contributed by atoms with E-state index in [1.165, 1.54) is 12.8 Å². The van der Waals surface area contributed by atoms with E-state index in [9.17, 15) is 0 Å². The van der Waals surface area contributed by atoms with Gasteiger partial charge in [0, 0.05) is 42.6 Å². The smallest absolute Gasteiger partial charge is 0.205 e. The topological polar surface area (TPSA) is 41.1 Å². The van der Waals surface area contributed by atoms with Crippen molar-refractivity contribution >= 4 is 16.7 Å². The molecule has 0 radical (unpaired) electrons. The van der Waals surface area contributed by atoms with Gasteiger partial charge in [0.15, 0.2) is 0 Å². The zero-order chi connectivity index (χ0) is 13.2. The maximum Gasteiger partial charge on any atom is 0.205 e. The van der Waals surface area contributed by atoms with Crippen LogP contribution in [0.5, 0.6) is 0 Å². The zero-order valence-corrected chi connectivity index (χ0v) is 12.7. The van der Waals surface area contributed by atoms with Gasteiger partial charge in [-0.05, 0) is 33.6 Å². The largest absolute Gasteiger partial charge is 0.343 e. The molecule has 4 nitrogen and oxygen atoms in total. The van der Waals surface area contributed by atoms with Gasteiger partial charge in [-0.2, -0.15) is 4.37 Å². The molecule has 102 valence electrons. The fourth-order valence-corrected chi connectivity index (χ4v) is 3.08. The molecular formula is C13H24N4S. The zero-order valence-electron chi connectivity index (χ0n) is 11.9. The van der Waals surface area contributed by atoms with E-state index < -0.39 is 0 Å². The molecule has 0 aromatic carbocycles. The SMILES string of the molecule is CCc1nsc(N2CCCC2CNC(C)(C)C)n1. The number of rotatable bonds is 4. The normalized spacial score (nSPS) is 20.7. The summed E-state index contributed by atoms with van der Waals surface area (Å²) >= 11 is 1.55. The second-order valence-electron chi connectivity index (χ2n) is 5.97. The Bertz CT molecular complexity index is 383. The van der Waals surface area contributed by atoms with Gasteiger partial charge in [-0.1, -0.05) is 6.92 Å². The summed E-state index contributed by atoms with van der Waals surface area (Å²) in [6.45, 7) is 10.9. The van der Waals surface area contributed by atoms with Gasteiger partial charge in [-0.3, -0.25) is 0 Å². The predicted molar refractivity (Wildman–Crippen MR) is 77.4 cm³/mol. The molecule has 1 N–H and O–H groups in total. The third kappa shape index (κ3) is 3.42. The van der Waals surface area contributed by atoms with E-state index in [4.69, 9.17) is 0 Å². The van der Waals surface area contributed by atoms with Gasteiger partial charge in [0.25, 0.3) is 0 Å². The molecule has 1 aromatic heterocycles. The number of nitrogens with one attached hydrogen (secondary N) is 1. The Balaban J connectivity index is 1.98. The molecule has 1 aliphatic rings. The Morgan fingerprint density at radius 2 is 2.22 bits per heavy atom. The van der Waals surface area contributed by atoms with E-state index in [1.807, 2.05) is 0 Å². The minimum Gasteiger partial charge on any atom is -0.343 e. The molecule has 18 heavy (non-hydrogen) atoms. The molecule has 1 atom stereocenters. The molecule has 1 fully saturated rings. The number of hydrogen-bond acceptors (Lipinski definition) is 5. The van der Waals surface area contributed by atoms with Gasteiger partial charge in [-0.25, -0.2) is 4.98 Å². The third-order valence-corrected chi connectivity index (χ3v) is 4.06. The minimum atomic E-state index is 0.184. The lowest BCUT2D eigenvalue weighted by molar-refractivity contribution is 0.405. The molecule has 0 bridgehead atoms. The number of anilines is 1. The van der Waals surface area contributed by atoms with E-state index in [0.29, 0.717) is 6.04 Å². The van der Waals surface area contributed by atoms with Gasteiger partial charge >= 0.3 is 0 Å². The Morgan fingerprint density at radius 1 is 1.44 bits per heavy atom. The second-order valence-corrected chi connectivity index (χ2v) is 6.70. The van der Waals surface area contributed by atoms with E-state index in [2.05, 4.69) is 47.3 Å². The van der Waals surface area contributed by atoms with Crippen molar-refractivity contribution in [1.29, 1.82) is 0 Å². The number of aromatic nitrogens is 2. The van der Waals surface area contributed by atoms with Crippen LogP contribution in [0.4, 0.5) is 5.13 Å². The molecule has 0 saturated carbocycles. The van der Waals surface area contributed by atoms with Crippen molar-refractivity contribution in [3.05, 3.63) is 5.82 Å². The Labute approximate surface area is 114 Å². The maximum atomic E-state index is 4.61. The monoisotopic (exact) mass is 268 g/mol. The summed E-state index contributed by atoms with van der Waals surface area (Å²) in [7, 11) is 0. The number of nitrogens with zero attached hydrogens (tertiary/aromatic N) is 3. The summed E-state index contributed by atoms with van der Waals surface area (Å²) < 4.78 is 4.39. The molecule has 2 rings (SSSR count). The van der Waals surface area contributed by atoms with E-state index >= 15 is 0 Å². The van der Waals surface area contributed by atoms with Crippen molar-refractivity contribution in [2.24, 2.45) is 0 Å². The number of hydrogen-bond donors (Lipinski definition) is 1. The first-order chi connectivity index (χ1) is 8.49. The first-order valence-electron chi connectivity index (χ1n) is 6.84. The first-order valence-corrected chi connectivity index (χ1v) is 7.61.